The highest BCUT2D eigenvalue weighted by Crippen LogP contribution is 2.47. The van der Waals surface area contributed by atoms with E-state index in [0.29, 0.717) is 19.5 Å². The lowest BCUT2D eigenvalue weighted by Crippen LogP contribution is -2.36. The average molecular weight is 433 g/mol. The monoisotopic (exact) mass is 432 g/mol. The van der Waals surface area contributed by atoms with Gasteiger partial charge in [0.25, 0.3) is 6.47 Å². The largest absolute Gasteiger partial charge is 0.483 e. The van der Waals surface area contributed by atoms with Crippen molar-refractivity contribution in [1.82, 2.24) is 15.1 Å². The van der Waals surface area contributed by atoms with Gasteiger partial charge in [-0.15, -0.1) is 10.2 Å². The van der Waals surface area contributed by atoms with Gasteiger partial charge in [0.1, 0.15) is 5.01 Å². The summed E-state index contributed by atoms with van der Waals surface area (Å²) < 4.78 is 0. The molecule has 1 aromatic heterocycles. The third-order valence-corrected chi connectivity index (χ3v) is 6.78. The number of rotatable bonds is 5. The Morgan fingerprint density at radius 2 is 1.93 bits per heavy atom. The van der Waals surface area contributed by atoms with Crippen LogP contribution in [0, 0.1) is 11.3 Å². The summed E-state index contributed by atoms with van der Waals surface area (Å²) in [6, 6.07) is 9.96. The van der Waals surface area contributed by atoms with Crippen molar-refractivity contribution in [2.24, 2.45) is 11.3 Å². The van der Waals surface area contributed by atoms with Crippen LogP contribution in [0.25, 0.3) is 10.6 Å². The van der Waals surface area contributed by atoms with Crippen LogP contribution in [0.3, 0.4) is 0 Å². The van der Waals surface area contributed by atoms with E-state index in [1.807, 2.05) is 35.2 Å². The van der Waals surface area contributed by atoms with Crippen LogP contribution in [0.5, 0.6) is 0 Å². The Hall–Kier alpha value is -3.01. The minimum absolute atomic E-state index is 0.0629. The molecule has 10 heteroatoms. The second-order valence-electron chi connectivity index (χ2n) is 7.59. The number of hydrogen-bond donors (Lipinski definition) is 2. The number of fused-ring (bicyclic) bond motifs is 1. The first-order valence-corrected chi connectivity index (χ1v) is 10.4. The van der Waals surface area contributed by atoms with Crippen LogP contribution in [0.15, 0.2) is 30.3 Å². The second kappa shape index (κ2) is 9.21. The molecule has 0 unspecified atom stereocenters. The lowest BCUT2D eigenvalue weighted by atomic mass is 9.77. The molecule has 2 aliphatic rings. The van der Waals surface area contributed by atoms with Gasteiger partial charge in [-0.1, -0.05) is 41.7 Å². The van der Waals surface area contributed by atoms with E-state index in [9.17, 15) is 9.59 Å². The number of likely N-dealkylation sites (tertiary alicyclic amines) is 1. The molecule has 1 amide bonds. The SMILES string of the molecule is CC(=O)N1C[C@@H]2CN(c3nnc(-c4ccccc4)s3)C[C@]2(CCC(=O)O)C1.O=CO. The smallest absolute Gasteiger partial charge is 0.303 e. The predicted octanol–water partition coefficient (Wildman–Crippen LogP) is 2.06. The molecule has 9 nitrogen and oxygen atoms in total. The lowest BCUT2D eigenvalue weighted by molar-refractivity contribution is -0.137. The Balaban J connectivity index is 0.000000806. The van der Waals surface area contributed by atoms with Crippen molar-refractivity contribution in [3.8, 4) is 10.6 Å². The summed E-state index contributed by atoms with van der Waals surface area (Å²) in [6.45, 7) is 4.16. The Kier molecular flexibility index (Phi) is 6.66. The maximum atomic E-state index is 11.8. The van der Waals surface area contributed by atoms with E-state index in [1.165, 1.54) is 0 Å². The third-order valence-electron chi connectivity index (χ3n) is 5.75. The highest BCUT2D eigenvalue weighted by molar-refractivity contribution is 7.18. The van der Waals surface area contributed by atoms with Crippen LogP contribution in [0.4, 0.5) is 5.13 Å². The molecule has 0 radical (unpaired) electrons. The average Bonchev–Trinajstić information content (AvgIpc) is 3.40. The van der Waals surface area contributed by atoms with Gasteiger partial charge in [-0.05, 0) is 6.42 Å². The Bertz CT molecular complexity index is 906. The molecule has 0 aliphatic carbocycles. The van der Waals surface area contributed by atoms with Crippen LogP contribution in [0.2, 0.25) is 0 Å². The number of hydrogen-bond acceptors (Lipinski definition) is 7. The molecule has 2 N–H and O–H groups in total. The second-order valence-corrected chi connectivity index (χ2v) is 8.55. The molecule has 0 bridgehead atoms. The van der Waals surface area contributed by atoms with E-state index in [4.69, 9.17) is 15.0 Å². The fraction of sp³-hybridized carbons (Fsp3) is 0.450. The van der Waals surface area contributed by atoms with Crippen LogP contribution in [0.1, 0.15) is 19.8 Å². The predicted molar refractivity (Wildman–Crippen MR) is 111 cm³/mol. The van der Waals surface area contributed by atoms with Crippen LogP contribution in [-0.4, -0.2) is 69.8 Å². The first-order valence-electron chi connectivity index (χ1n) is 9.57. The number of carbonyl (C=O) groups is 3. The highest BCUT2D eigenvalue weighted by Gasteiger charge is 2.53. The van der Waals surface area contributed by atoms with E-state index in [0.717, 1.165) is 28.8 Å². The number of aromatic nitrogens is 2. The number of amides is 1. The Morgan fingerprint density at radius 3 is 2.57 bits per heavy atom. The Labute approximate surface area is 178 Å². The van der Waals surface area contributed by atoms with Gasteiger partial charge < -0.3 is 20.0 Å². The van der Waals surface area contributed by atoms with Crippen molar-refractivity contribution < 1.29 is 24.6 Å². The zero-order chi connectivity index (χ0) is 21.7. The molecule has 2 fully saturated rings. The standard InChI is InChI=1S/C19H22N4O3S.CH2O2/c1-13(24)22-9-15-10-23(12-19(15,11-22)8-7-16(25)26)18-21-20-17(27-18)14-5-3-2-4-6-14;2-1-3/h2-6,15H,7-12H2,1H3,(H,25,26);1H,(H,2,3)/t15-,19+;/m1./s1. The minimum Gasteiger partial charge on any atom is -0.483 e. The molecular formula is C20H24N4O5S. The summed E-state index contributed by atoms with van der Waals surface area (Å²) in [6.07, 6.45) is 0.707. The van der Waals surface area contributed by atoms with Crippen LogP contribution in [-0.2, 0) is 14.4 Å². The number of carbonyl (C=O) groups excluding carboxylic acids is 1. The van der Waals surface area contributed by atoms with Gasteiger partial charge in [0.15, 0.2) is 0 Å². The highest BCUT2D eigenvalue weighted by atomic mass is 32.1. The van der Waals surface area contributed by atoms with Gasteiger partial charge in [0.2, 0.25) is 11.0 Å². The molecule has 160 valence electrons. The van der Waals surface area contributed by atoms with Crippen molar-refractivity contribution in [2.45, 2.75) is 19.8 Å². The van der Waals surface area contributed by atoms with E-state index in [2.05, 4.69) is 15.1 Å². The normalized spacial score (nSPS) is 22.2. The van der Waals surface area contributed by atoms with Gasteiger partial charge in [-0.25, -0.2) is 0 Å². The van der Waals surface area contributed by atoms with Gasteiger partial charge in [-0.3, -0.25) is 14.4 Å². The molecular weight excluding hydrogens is 408 g/mol. The summed E-state index contributed by atoms with van der Waals surface area (Å²) in [5.74, 6) is -0.456. The van der Waals surface area contributed by atoms with Gasteiger partial charge in [-0.2, -0.15) is 0 Å². The molecule has 4 rings (SSSR count). The van der Waals surface area contributed by atoms with Gasteiger partial charge in [0.05, 0.1) is 0 Å². The lowest BCUT2D eigenvalue weighted by Gasteiger charge is -2.28. The zero-order valence-corrected chi connectivity index (χ0v) is 17.4. The van der Waals surface area contributed by atoms with Gasteiger partial charge >= 0.3 is 5.97 Å². The van der Waals surface area contributed by atoms with E-state index < -0.39 is 5.97 Å². The molecule has 2 atom stereocenters. The number of nitrogens with zero attached hydrogens (tertiary/aromatic N) is 4. The van der Waals surface area contributed by atoms with E-state index >= 15 is 0 Å². The van der Waals surface area contributed by atoms with Crippen LogP contribution >= 0.6 is 11.3 Å². The molecule has 30 heavy (non-hydrogen) atoms. The fourth-order valence-corrected chi connectivity index (χ4v) is 5.18. The number of carboxylic acid groups (broad SMARTS) is 2. The third kappa shape index (κ3) is 4.59. The van der Waals surface area contributed by atoms with Crippen molar-refractivity contribution in [3.63, 3.8) is 0 Å². The molecule has 0 saturated carbocycles. The quantitative estimate of drug-likeness (QED) is 0.688. The first kappa shape index (κ1) is 21.7. The summed E-state index contributed by atoms with van der Waals surface area (Å²) in [5.41, 5.74) is 0.867. The number of anilines is 1. The minimum atomic E-state index is -0.787. The van der Waals surface area contributed by atoms with Crippen molar-refractivity contribution in [1.29, 1.82) is 0 Å². The maximum Gasteiger partial charge on any atom is 0.303 e. The van der Waals surface area contributed by atoms with Crippen molar-refractivity contribution in [3.05, 3.63) is 30.3 Å². The summed E-state index contributed by atoms with van der Waals surface area (Å²) in [7, 11) is 0. The maximum absolute atomic E-state index is 11.8. The first-order chi connectivity index (χ1) is 14.4. The molecule has 1 aromatic carbocycles. The molecule has 2 aliphatic heterocycles. The summed E-state index contributed by atoms with van der Waals surface area (Å²) in [5, 5.41) is 26.5. The molecule has 0 spiro atoms. The number of aliphatic carboxylic acids is 1. The number of carboxylic acids is 1. The topological polar surface area (TPSA) is 124 Å². The summed E-state index contributed by atoms with van der Waals surface area (Å²) in [4.78, 5) is 35.4. The van der Waals surface area contributed by atoms with Gasteiger partial charge in [0, 0.05) is 56.4 Å². The molecule has 2 aromatic rings. The van der Waals surface area contributed by atoms with Crippen molar-refractivity contribution >= 4 is 34.8 Å². The Morgan fingerprint density at radius 1 is 1.23 bits per heavy atom. The number of benzene rings is 1. The molecule has 2 saturated heterocycles. The van der Waals surface area contributed by atoms with E-state index in [1.54, 1.807) is 18.3 Å². The summed E-state index contributed by atoms with van der Waals surface area (Å²) >= 11 is 1.56. The van der Waals surface area contributed by atoms with Crippen molar-refractivity contribution in [2.75, 3.05) is 31.1 Å². The molecule has 3 heterocycles. The fourth-order valence-electron chi connectivity index (χ4n) is 4.32. The van der Waals surface area contributed by atoms with Crippen LogP contribution < -0.4 is 4.90 Å². The zero-order valence-electron chi connectivity index (χ0n) is 16.6. The van der Waals surface area contributed by atoms with E-state index in [-0.39, 0.29) is 30.1 Å².